The predicted molar refractivity (Wildman–Crippen MR) is 56.6 cm³/mol. The lowest BCUT2D eigenvalue weighted by molar-refractivity contribution is -0.136. The Balaban J connectivity index is 2.46. The molecule has 76 valence electrons. The van der Waals surface area contributed by atoms with E-state index in [1.54, 1.807) is 0 Å². The normalized spacial score (nSPS) is 9.79. The van der Waals surface area contributed by atoms with Gasteiger partial charge in [-0.25, -0.2) is 0 Å². The molecule has 0 radical (unpaired) electrons. The molecular formula is C11H15NO2. The summed E-state index contributed by atoms with van der Waals surface area (Å²) in [5, 5.41) is 11.5. The second-order valence-corrected chi connectivity index (χ2v) is 3.12. The molecule has 14 heavy (non-hydrogen) atoms. The van der Waals surface area contributed by atoms with Gasteiger partial charge in [-0.2, -0.15) is 0 Å². The fourth-order valence-corrected chi connectivity index (χ4v) is 1.21. The van der Waals surface area contributed by atoms with Crippen LogP contribution in [-0.4, -0.2) is 17.6 Å². The van der Waals surface area contributed by atoms with Crippen molar-refractivity contribution in [3.8, 4) is 0 Å². The first kappa shape index (κ1) is 10.6. The lowest BCUT2D eigenvalue weighted by Crippen LogP contribution is -2.07. The van der Waals surface area contributed by atoms with E-state index in [4.69, 9.17) is 5.11 Å². The summed E-state index contributed by atoms with van der Waals surface area (Å²) in [6, 6.07) is 8.02. The van der Waals surface area contributed by atoms with Crippen molar-refractivity contribution in [1.82, 2.24) is 0 Å². The Morgan fingerprint density at radius 3 is 2.93 bits per heavy atom. The van der Waals surface area contributed by atoms with E-state index in [0.29, 0.717) is 6.54 Å². The summed E-state index contributed by atoms with van der Waals surface area (Å²) in [7, 11) is 0. The maximum absolute atomic E-state index is 10.3. The van der Waals surface area contributed by atoms with E-state index < -0.39 is 5.97 Å². The van der Waals surface area contributed by atoms with Gasteiger partial charge in [0.25, 0.3) is 0 Å². The highest BCUT2D eigenvalue weighted by atomic mass is 16.4. The fourth-order valence-electron chi connectivity index (χ4n) is 1.21. The molecule has 0 amide bonds. The Morgan fingerprint density at radius 2 is 2.29 bits per heavy atom. The van der Waals surface area contributed by atoms with E-state index in [-0.39, 0.29) is 6.42 Å². The maximum Gasteiger partial charge on any atom is 0.305 e. The van der Waals surface area contributed by atoms with Gasteiger partial charge in [-0.05, 0) is 24.1 Å². The molecule has 0 aliphatic heterocycles. The predicted octanol–water partition coefficient (Wildman–Crippen LogP) is 2.14. The van der Waals surface area contributed by atoms with Crippen molar-refractivity contribution in [1.29, 1.82) is 0 Å². The van der Waals surface area contributed by atoms with Gasteiger partial charge in [-0.15, -0.1) is 0 Å². The van der Waals surface area contributed by atoms with E-state index in [9.17, 15) is 4.79 Å². The Kier molecular flexibility index (Phi) is 3.98. The highest BCUT2D eigenvalue weighted by molar-refractivity contribution is 5.67. The van der Waals surface area contributed by atoms with Gasteiger partial charge in [0.15, 0.2) is 0 Å². The Labute approximate surface area is 83.8 Å². The van der Waals surface area contributed by atoms with E-state index in [1.165, 1.54) is 5.56 Å². The van der Waals surface area contributed by atoms with E-state index in [0.717, 1.165) is 12.1 Å². The number of aryl methyl sites for hydroxylation is 1. The van der Waals surface area contributed by atoms with Crippen molar-refractivity contribution in [3.63, 3.8) is 0 Å². The van der Waals surface area contributed by atoms with Crippen molar-refractivity contribution in [3.05, 3.63) is 29.8 Å². The molecule has 0 spiro atoms. The number of nitrogens with one attached hydrogen (secondary N) is 1. The van der Waals surface area contributed by atoms with Crippen LogP contribution in [0.3, 0.4) is 0 Å². The number of benzene rings is 1. The minimum absolute atomic E-state index is 0.149. The first-order chi connectivity index (χ1) is 6.72. The van der Waals surface area contributed by atoms with Gasteiger partial charge in [0.1, 0.15) is 0 Å². The topological polar surface area (TPSA) is 49.3 Å². The molecule has 2 N–H and O–H groups in total. The standard InChI is InChI=1S/C11H15NO2/c1-2-9-4-3-5-10(8-9)12-7-6-11(13)14/h3-5,8,12H,2,6-7H2,1H3,(H,13,14). The van der Waals surface area contributed by atoms with Crippen molar-refractivity contribution < 1.29 is 9.90 Å². The third kappa shape index (κ3) is 3.47. The number of rotatable bonds is 5. The molecule has 0 aromatic heterocycles. The molecule has 3 nitrogen and oxygen atoms in total. The largest absolute Gasteiger partial charge is 0.481 e. The molecule has 0 unspecified atom stereocenters. The number of anilines is 1. The molecule has 0 bridgehead atoms. The average Bonchev–Trinajstić information content (AvgIpc) is 2.18. The van der Waals surface area contributed by atoms with Gasteiger partial charge in [0.05, 0.1) is 6.42 Å². The van der Waals surface area contributed by atoms with Crippen LogP contribution in [0.5, 0.6) is 0 Å². The van der Waals surface area contributed by atoms with Crippen molar-refractivity contribution in [2.75, 3.05) is 11.9 Å². The Morgan fingerprint density at radius 1 is 1.50 bits per heavy atom. The molecule has 0 saturated heterocycles. The zero-order chi connectivity index (χ0) is 10.4. The lowest BCUT2D eigenvalue weighted by Gasteiger charge is -2.05. The monoisotopic (exact) mass is 193 g/mol. The molecule has 0 fully saturated rings. The summed E-state index contributed by atoms with van der Waals surface area (Å²) in [6.07, 6.45) is 1.14. The van der Waals surface area contributed by atoms with Crippen LogP contribution < -0.4 is 5.32 Å². The number of carboxylic acid groups (broad SMARTS) is 1. The number of aliphatic carboxylic acids is 1. The quantitative estimate of drug-likeness (QED) is 0.753. The number of hydrogen-bond acceptors (Lipinski definition) is 2. The van der Waals surface area contributed by atoms with Gasteiger partial charge >= 0.3 is 5.97 Å². The number of carbonyl (C=O) groups is 1. The first-order valence-corrected chi connectivity index (χ1v) is 4.77. The molecule has 0 aliphatic carbocycles. The third-order valence-electron chi connectivity index (χ3n) is 2.00. The van der Waals surface area contributed by atoms with E-state index in [1.807, 2.05) is 18.2 Å². The van der Waals surface area contributed by atoms with Gasteiger partial charge < -0.3 is 10.4 Å². The van der Waals surface area contributed by atoms with Gasteiger partial charge in [0.2, 0.25) is 0 Å². The summed E-state index contributed by atoms with van der Waals surface area (Å²) in [6.45, 7) is 2.57. The molecule has 3 heteroatoms. The zero-order valence-electron chi connectivity index (χ0n) is 8.29. The fraction of sp³-hybridized carbons (Fsp3) is 0.364. The highest BCUT2D eigenvalue weighted by Crippen LogP contribution is 2.10. The average molecular weight is 193 g/mol. The van der Waals surface area contributed by atoms with Gasteiger partial charge in [-0.3, -0.25) is 4.79 Å². The van der Waals surface area contributed by atoms with Gasteiger partial charge in [0, 0.05) is 12.2 Å². The van der Waals surface area contributed by atoms with Crippen molar-refractivity contribution >= 4 is 11.7 Å². The van der Waals surface area contributed by atoms with E-state index in [2.05, 4.69) is 18.3 Å². The highest BCUT2D eigenvalue weighted by Gasteiger charge is 1.97. The molecular weight excluding hydrogens is 178 g/mol. The lowest BCUT2D eigenvalue weighted by atomic mass is 10.1. The van der Waals surface area contributed by atoms with Crippen LogP contribution in [0.1, 0.15) is 18.9 Å². The molecule has 0 heterocycles. The summed E-state index contributed by atoms with van der Waals surface area (Å²) < 4.78 is 0. The summed E-state index contributed by atoms with van der Waals surface area (Å²) in [4.78, 5) is 10.3. The van der Waals surface area contributed by atoms with Crippen LogP contribution >= 0.6 is 0 Å². The van der Waals surface area contributed by atoms with Crippen LogP contribution in [-0.2, 0) is 11.2 Å². The van der Waals surface area contributed by atoms with Crippen molar-refractivity contribution in [2.45, 2.75) is 19.8 Å². The summed E-state index contributed by atoms with van der Waals surface area (Å²) >= 11 is 0. The zero-order valence-corrected chi connectivity index (χ0v) is 8.29. The minimum Gasteiger partial charge on any atom is -0.481 e. The van der Waals surface area contributed by atoms with Crippen LogP contribution in [0, 0.1) is 0 Å². The third-order valence-corrected chi connectivity index (χ3v) is 2.00. The molecule has 0 saturated carbocycles. The molecule has 1 rings (SSSR count). The van der Waals surface area contributed by atoms with E-state index >= 15 is 0 Å². The first-order valence-electron chi connectivity index (χ1n) is 4.77. The number of hydrogen-bond donors (Lipinski definition) is 2. The second-order valence-electron chi connectivity index (χ2n) is 3.12. The maximum atomic E-state index is 10.3. The summed E-state index contributed by atoms with van der Waals surface area (Å²) in [5.74, 6) is -0.774. The Bertz CT molecular complexity index is 310. The number of carboxylic acids is 1. The molecule has 1 aromatic carbocycles. The van der Waals surface area contributed by atoms with Crippen LogP contribution in [0.15, 0.2) is 24.3 Å². The second kappa shape index (κ2) is 5.27. The minimum atomic E-state index is -0.774. The smallest absolute Gasteiger partial charge is 0.305 e. The van der Waals surface area contributed by atoms with Crippen LogP contribution in [0.2, 0.25) is 0 Å². The summed E-state index contributed by atoms with van der Waals surface area (Å²) in [5.41, 5.74) is 2.25. The molecule has 1 aromatic rings. The Hall–Kier alpha value is -1.51. The molecule has 0 aliphatic rings. The van der Waals surface area contributed by atoms with Gasteiger partial charge in [-0.1, -0.05) is 19.1 Å². The van der Waals surface area contributed by atoms with Crippen LogP contribution in [0.25, 0.3) is 0 Å². The SMILES string of the molecule is CCc1cccc(NCCC(=O)O)c1. The molecule has 0 atom stereocenters. The van der Waals surface area contributed by atoms with Crippen LogP contribution in [0.4, 0.5) is 5.69 Å². The van der Waals surface area contributed by atoms with Crippen molar-refractivity contribution in [2.24, 2.45) is 0 Å².